The van der Waals surface area contributed by atoms with Crippen LogP contribution in [-0.2, 0) is 0 Å². The molecule has 0 atom stereocenters. The van der Waals surface area contributed by atoms with Crippen molar-refractivity contribution in [3.8, 4) is 0 Å². The summed E-state index contributed by atoms with van der Waals surface area (Å²) in [5.41, 5.74) is 13.6. The molecule has 0 aliphatic heterocycles. The van der Waals surface area contributed by atoms with Crippen LogP contribution in [0.2, 0.25) is 0 Å². The van der Waals surface area contributed by atoms with Crippen LogP contribution < -0.4 is 16.8 Å². The van der Waals surface area contributed by atoms with Gasteiger partial charge < -0.3 is 11.5 Å². The predicted molar refractivity (Wildman–Crippen MR) is 63.6 cm³/mol. The van der Waals surface area contributed by atoms with Gasteiger partial charge in [-0.1, -0.05) is 17.7 Å². The number of hydrogen-bond acceptors (Lipinski definition) is 2. The molecular weight excluding hydrogens is 190 g/mol. The third kappa shape index (κ3) is 3.84. The van der Waals surface area contributed by atoms with E-state index in [4.69, 9.17) is 11.5 Å². The molecule has 5 N–H and O–H groups in total. The number of nitrogens with one attached hydrogen (secondary N) is 1. The molecule has 1 aliphatic carbocycles. The lowest BCUT2D eigenvalue weighted by molar-refractivity contribution is 1.12. The Hall–Kier alpha value is -1.78. The number of nitrogens with zero attached hydrogens (tertiary/aromatic N) is 2. The van der Waals surface area contributed by atoms with Crippen molar-refractivity contribution in [3.63, 3.8) is 0 Å². The first-order valence-electron chi connectivity index (χ1n) is 4.77. The van der Waals surface area contributed by atoms with Gasteiger partial charge in [-0.05, 0) is 18.9 Å². The largest absolute Gasteiger partial charge is 0.370 e. The summed E-state index contributed by atoms with van der Waals surface area (Å²) in [6.07, 6.45) is 5.27. The Labute approximate surface area is 89.7 Å². The van der Waals surface area contributed by atoms with E-state index in [-0.39, 0.29) is 11.9 Å². The number of hydrogen-bond donors (Lipinski definition) is 3. The quantitative estimate of drug-likeness (QED) is 0.443. The molecule has 1 rings (SSSR count). The summed E-state index contributed by atoms with van der Waals surface area (Å²) >= 11 is 0. The summed E-state index contributed by atoms with van der Waals surface area (Å²) in [5, 5.41) is 2.67. The molecule has 0 aromatic carbocycles. The highest BCUT2D eigenvalue weighted by Gasteiger charge is 2.01. The molecule has 0 spiro atoms. The smallest absolute Gasteiger partial charge is 0.195 e. The fraction of sp³-hybridized carbons (Fsp3) is 0.400. The lowest BCUT2D eigenvalue weighted by Crippen LogP contribution is -2.41. The molecule has 0 heterocycles. The Morgan fingerprint density at radius 2 is 2.20 bits per heavy atom. The van der Waals surface area contributed by atoms with Crippen LogP contribution in [-0.4, -0.2) is 25.5 Å². The molecular formula is C10H17N5. The molecule has 5 heteroatoms. The monoisotopic (exact) mass is 207 g/mol. The zero-order valence-corrected chi connectivity index (χ0v) is 9.12. The van der Waals surface area contributed by atoms with Gasteiger partial charge in [0.05, 0.1) is 6.54 Å². The van der Waals surface area contributed by atoms with Crippen molar-refractivity contribution >= 4 is 11.9 Å². The molecule has 15 heavy (non-hydrogen) atoms. The molecule has 0 saturated heterocycles. The molecule has 0 amide bonds. The fourth-order valence-electron chi connectivity index (χ4n) is 1.24. The highest BCUT2D eigenvalue weighted by Crippen LogP contribution is 2.16. The number of guanidine groups is 2. The first-order chi connectivity index (χ1) is 7.11. The molecule has 0 fully saturated rings. The highest BCUT2D eigenvalue weighted by atomic mass is 15.2. The van der Waals surface area contributed by atoms with E-state index < -0.39 is 0 Å². The van der Waals surface area contributed by atoms with Gasteiger partial charge in [0.15, 0.2) is 11.9 Å². The van der Waals surface area contributed by atoms with E-state index in [1.165, 1.54) is 11.1 Å². The van der Waals surface area contributed by atoms with E-state index in [2.05, 4.69) is 34.4 Å². The Morgan fingerprint density at radius 3 is 2.73 bits per heavy atom. The summed E-state index contributed by atoms with van der Waals surface area (Å²) in [6, 6.07) is 0. The Morgan fingerprint density at radius 1 is 1.47 bits per heavy atom. The number of rotatable bonds is 2. The zero-order valence-electron chi connectivity index (χ0n) is 9.12. The van der Waals surface area contributed by atoms with Gasteiger partial charge in [0.2, 0.25) is 0 Å². The second kappa shape index (κ2) is 5.19. The highest BCUT2D eigenvalue weighted by molar-refractivity contribution is 5.97. The Balaban J connectivity index is 2.44. The summed E-state index contributed by atoms with van der Waals surface area (Å²) in [4.78, 5) is 7.85. The molecule has 0 aromatic rings. The summed E-state index contributed by atoms with van der Waals surface area (Å²) in [7, 11) is 1.58. The fourth-order valence-corrected chi connectivity index (χ4v) is 1.24. The van der Waals surface area contributed by atoms with Gasteiger partial charge in [0.1, 0.15) is 0 Å². The molecule has 0 bridgehead atoms. The van der Waals surface area contributed by atoms with Crippen molar-refractivity contribution in [2.45, 2.75) is 13.3 Å². The average molecular weight is 207 g/mol. The molecule has 0 unspecified atom stereocenters. The van der Waals surface area contributed by atoms with Crippen molar-refractivity contribution in [2.75, 3.05) is 13.6 Å². The van der Waals surface area contributed by atoms with Crippen LogP contribution in [0.5, 0.6) is 0 Å². The first-order valence-corrected chi connectivity index (χ1v) is 4.77. The van der Waals surface area contributed by atoms with Gasteiger partial charge in [-0.25, -0.2) is 4.99 Å². The predicted octanol–water partition coefficient (Wildman–Crippen LogP) is 0.112. The van der Waals surface area contributed by atoms with E-state index in [9.17, 15) is 0 Å². The minimum atomic E-state index is 0.267. The average Bonchev–Trinajstić information content (AvgIpc) is 2.61. The molecule has 0 radical (unpaired) electrons. The van der Waals surface area contributed by atoms with E-state index in [0.29, 0.717) is 6.54 Å². The maximum Gasteiger partial charge on any atom is 0.195 e. The third-order valence-corrected chi connectivity index (χ3v) is 2.05. The molecule has 5 nitrogen and oxygen atoms in total. The summed E-state index contributed by atoms with van der Waals surface area (Å²) < 4.78 is 0. The normalized spacial score (nSPS) is 17.5. The van der Waals surface area contributed by atoms with Crippen LogP contribution in [0, 0.1) is 0 Å². The third-order valence-electron chi connectivity index (χ3n) is 2.05. The van der Waals surface area contributed by atoms with E-state index >= 15 is 0 Å². The Kier molecular flexibility index (Phi) is 3.91. The lowest BCUT2D eigenvalue weighted by Gasteiger charge is -2.03. The minimum Gasteiger partial charge on any atom is -0.370 e. The van der Waals surface area contributed by atoms with Crippen molar-refractivity contribution < 1.29 is 0 Å². The van der Waals surface area contributed by atoms with Crippen molar-refractivity contribution in [1.82, 2.24) is 5.32 Å². The van der Waals surface area contributed by atoms with Gasteiger partial charge in [-0.3, -0.25) is 10.3 Å². The van der Waals surface area contributed by atoms with Gasteiger partial charge in [0, 0.05) is 7.05 Å². The van der Waals surface area contributed by atoms with Crippen LogP contribution in [0.25, 0.3) is 0 Å². The minimum absolute atomic E-state index is 0.267. The van der Waals surface area contributed by atoms with Crippen LogP contribution >= 0.6 is 0 Å². The Bertz CT molecular complexity index is 349. The molecule has 82 valence electrons. The van der Waals surface area contributed by atoms with Crippen LogP contribution in [0.1, 0.15) is 13.3 Å². The van der Waals surface area contributed by atoms with Crippen molar-refractivity contribution in [3.05, 3.63) is 23.3 Å². The molecule has 1 aliphatic rings. The van der Waals surface area contributed by atoms with E-state index in [1.807, 2.05) is 0 Å². The van der Waals surface area contributed by atoms with Gasteiger partial charge in [-0.15, -0.1) is 0 Å². The number of allylic oxidation sites excluding steroid dienone is 2. The lowest BCUT2D eigenvalue weighted by atomic mass is 10.3. The summed E-state index contributed by atoms with van der Waals surface area (Å²) in [5.74, 6) is 0.556. The van der Waals surface area contributed by atoms with Crippen LogP contribution in [0.4, 0.5) is 0 Å². The molecule has 0 aromatic heterocycles. The SMILES string of the molecule is CN=C(N)NC(N)=NCC1=CCC(C)=C1. The maximum absolute atomic E-state index is 5.59. The standard InChI is InChI=1S/C10H17N5/c1-7-3-4-8(5-7)6-14-10(12)15-9(11)13-2/h4-5H,3,6H2,1-2H3,(H5,11,12,13,14,15). The van der Waals surface area contributed by atoms with E-state index in [1.54, 1.807) is 7.05 Å². The molecule has 0 saturated carbocycles. The second-order valence-electron chi connectivity index (χ2n) is 3.41. The van der Waals surface area contributed by atoms with E-state index in [0.717, 1.165) is 6.42 Å². The van der Waals surface area contributed by atoms with Crippen LogP contribution in [0.15, 0.2) is 33.3 Å². The first kappa shape index (κ1) is 11.3. The van der Waals surface area contributed by atoms with Crippen LogP contribution in [0.3, 0.4) is 0 Å². The maximum atomic E-state index is 5.59. The van der Waals surface area contributed by atoms with Gasteiger partial charge >= 0.3 is 0 Å². The zero-order chi connectivity index (χ0) is 11.3. The topological polar surface area (TPSA) is 88.8 Å². The number of aliphatic imine (C=N–C) groups is 2. The van der Waals surface area contributed by atoms with Gasteiger partial charge in [-0.2, -0.15) is 0 Å². The van der Waals surface area contributed by atoms with Crippen molar-refractivity contribution in [2.24, 2.45) is 21.5 Å². The second-order valence-corrected chi connectivity index (χ2v) is 3.41. The van der Waals surface area contributed by atoms with Crippen molar-refractivity contribution in [1.29, 1.82) is 0 Å². The van der Waals surface area contributed by atoms with Gasteiger partial charge in [0.25, 0.3) is 0 Å². The summed E-state index contributed by atoms with van der Waals surface area (Å²) in [6.45, 7) is 2.67. The number of nitrogens with two attached hydrogens (primary N) is 2.